The van der Waals surface area contributed by atoms with Gasteiger partial charge in [-0.15, -0.1) is 6.42 Å². The molecule has 1 nitrogen and oxygen atoms in total. The molecule has 1 heteroatoms. The van der Waals surface area contributed by atoms with Crippen molar-refractivity contribution in [3.05, 3.63) is 48.0 Å². The summed E-state index contributed by atoms with van der Waals surface area (Å²) in [4.78, 5) is 0. The Balaban J connectivity index is 2.40. The van der Waals surface area contributed by atoms with E-state index in [9.17, 15) is 5.11 Å². The van der Waals surface area contributed by atoms with Crippen LogP contribution in [0.4, 0.5) is 0 Å². The first-order valence-corrected chi connectivity index (χ1v) is 5.91. The van der Waals surface area contributed by atoms with E-state index < -0.39 is 11.5 Å². The van der Waals surface area contributed by atoms with Gasteiger partial charge in [0.25, 0.3) is 0 Å². The van der Waals surface area contributed by atoms with Crippen LogP contribution in [-0.2, 0) is 6.42 Å². The van der Waals surface area contributed by atoms with Crippen LogP contribution in [0.5, 0.6) is 0 Å². The molecule has 90 valence electrons. The number of benzene rings is 1. The lowest BCUT2D eigenvalue weighted by Gasteiger charge is -2.23. The number of rotatable bonds is 5. The first-order chi connectivity index (χ1) is 8.06. The number of allylic oxidation sites excluding steroid dienone is 1. The summed E-state index contributed by atoms with van der Waals surface area (Å²) in [6, 6.07) is 10.2. The van der Waals surface area contributed by atoms with Gasteiger partial charge in [-0.2, -0.15) is 0 Å². The highest BCUT2D eigenvalue weighted by atomic mass is 16.3. The Hall–Kier alpha value is -1.52. The predicted molar refractivity (Wildman–Crippen MR) is 72.5 cm³/mol. The molecule has 1 unspecified atom stereocenters. The highest BCUT2D eigenvalue weighted by molar-refractivity contribution is 5.17. The molecule has 0 aliphatic heterocycles. The van der Waals surface area contributed by atoms with E-state index in [1.807, 2.05) is 38.1 Å². The normalized spacial score (nSPS) is 13.5. The van der Waals surface area contributed by atoms with E-state index in [0.717, 1.165) is 6.42 Å². The van der Waals surface area contributed by atoms with Gasteiger partial charge < -0.3 is 5.11 Å². The minimum Gasteiger partial charge on any atom is -0.391 e. The summed E-state index contributed by atoms with van der Waals surface area (Å²) >= 11 is 0. The van der Waals surface area contributed by atoms with Crippen LogP contribution in [0.2, 0.25) is 0 Å². The van der Waals surface area contributed by atoms with Crippen LogP contribution in [0.15, 0.2) is 42.5 Å². The quantitative estimate of drug-likeness (QED) is 0.606. The zero-order valence-electron chi connectivity index (χ0n) is 10.6. The van der Waals surface area contributed by atoms with Crippen LogP contribution in [0, 0.1) is 17.8 Å². The third kappa shape index (κ3) is 4.46. The smallest absolute Gasteiger partial charge is 0.0734 e. The van der Waals surface area contributed by atoms with Gasteiger partial charge in [-0.3, -0.25) is 0 Å². The second-order valence-electron chi connectivity index (χ2n) is 4.78. The highest BCUT2D eigenvalue weighted by Crippen LogP contribution is 2.21. The second-order valence-corrected chi connectivity index (χ2v) is 4.78. The van der Waals surface area contributed by atoms with E-state index >= 15 is 0 Å². The molecule has 0 radical (unpaired) electrons. The van der Waals surface area contributed by atoms with Crippen LogP contribution in [0.1, 0.15) is 25.8 Å². The standard InChI is InChI=1S/C16H20O/c1-4-16(2,3)15(17)13-9-8-12-14-10-6-5-7-11-14/h1,5-11,15,17H,12-13H2,2-3H3/b9-8+. The number of hydrogen-bond donors (Lipinski definition) is 1. The van der Waals surface area contributed by atoms with Gasteiger partial charge in [0.05, 0.1) is 11.5 Å². The Bertz CT molecular complexity index is 395. The van der Waals surface area contributed by atoms with Crippen molar-refractivity contribution >= 4 is 0 Å². The third-order valence-electron chi connectivity index (χ3n) is 2.93. The average Bonchev–Trinajstić information content (AvgIpc) is 2.35. The predicted octanol–water partition coefficient (Wildman–Crippen LogP) is 3.20. The number of aliphatic hydroxyl groups excluding tert-OH is 1. The Labute approximate surface area is 104 Å². The Morgan fingerprint density at radius 1 is 1.29 bits per heavy atom. The van der Waals surface area contributed by atoms with Crippen LogP contribution in [0.3, 0.4) is 0 Å². The fourth-order valence-corrected chi connectivity index (χ4v) is 1.45. The van der Waals surface area contributed by atoms with Crippen molar-refractivity contribution in [1.29, 1.82) is 0 Å². The van der Waals surface area contributed by atoms with Crippen LogP contribution in [0.25, 0.3) is 0 Å². The molecule has 0 spiro atoms. The van der Waals surface area contributed by atoms with E-state index in [1.165, 1.54) is 5.56 Å². The molecule has 1 rings (SSSR count). The van der Waals surface area contributed by atoms with Gasteiger partial charge in [0.15, 0.2) is 0 Å². The second kappa shape index (κ2) is 6.27. The molecule has 0 aliphatic rings. The molecule has 1 N–H and O–H groups in total. The van der Waals surface area contributed by atoms with Crippen LogP contribution < -0.4 is 0 Å². The van der Waals surface area contributed by atoms with Crippen molar-refractivity contribution in [2.75, 3.05) is 0 Å². The molecule has 0 bridgehead atoms. The maximum absolute atomic E-state index is 9.88. The van der Waals surface area contributed by atoms with Crippen molar-refractivity contribution in [3.8, 4) is 12.3 Å². The van der Waals surface area contributed by atoms with Crippen molar-refractivity contribution in [2.24, 2.45) is 5.41 Å². The molecule has 0 amide bonds. The monoisotopic (exact) mass is 228 g/mol. The molecule has 0 fully saturated rings. The summed E-state index contributed by atoms with van der Waals surface area (Å²) in [5, 5.41) is 9.88. The van der Waals surface area contributed by atoms with Crippen LogP contribution in [-0.4, -0.2) is 11.2 Å². The maximum atomic E-state index is 9.88. The Morgan fingerprint density at radius 2 is 1.94 bits per heavy atom. The third-order valence-corrected chi connectivity index (χ3v) is 2.93. The number of hydrogen-bond acceptors (Lipinski definition) is 1. The molecule has 1 aromatic carbocycles. The molecule has 1 aromatic rings. The van der Waals surface area contributed by atoms with E-state index in [0.29, 0.717) is 6.42 Å². The van der Waals surface area contributed by atoms with Gasteiger partial charge in [-0.05, 0) is 32.3 Å². The zero-order valence-corrected chi connectivity index (χ0v) is 10.6. The number of aliphatic hydroxyl groups is 1. The first kappa shape index (κ1) is 13.5. The maximum Gasteiger partial charge on any atom is 0.0734 e. The largest absolute Gasteiger partial charge is 0.391 e. The summed E-state index contributed by atoms with van der Waals surface area (Å²) in [5.74, 6) is 2.62. The summed E-state index contributed by atoms with van der Waals surface area (Å²) in [6.45, 7) is 3.76. The SMILES string of the molecule is C#CC(C)(C)C(O)C/C=C/Cc1ccccc1. The minimum absolute atomic E-state index is 0.461. The van der Waals surface area contributed by atoms with Crippen LogP contribution >= 0.6 is 0 Å². The lowest BCUT2D eigenvalue weighted by molar-refractivity contribution is 0.0908. The van der Waals surface area contributed by atoms with Crippen molar-refractivity contribution in [3.63, 3.8) is 0 Å². The van der Waals surface area contributed by atoms with E-state index in [1.54, 1.807) is 0 Å². The van der Waals surface area contributed by atoms with Gasteiger partial charge in [0.2, 0.25) is 0 Å². The van der Waals surface area contributed by atoms with Gasteiger partial charge in [-0.25, -0.2) is 0 Å². The molecule has 0 saturated heterocycles. The fraction of sp³-hybridized carbons (Fsp3) is 0.375. The molecular formula is C16H20O. The lowest BCUT2D eigenvalue weighted by Crippen LogP contribution is -2.26. The van der Waals surface area contributed by atoms with Gasteiger partial charge in [0, 0.05) is 0 Å². The zero-order chi connectivity index (χ0) is 12.7. The minimum atomic E-state index is -0.487. The molecule has 17 heavy (non-hydrogen) atoms. The summed E-state index contributed by atoms with van der Waals surface area (Å²) in [7, 11) is 0. The average molecular weight is 228 g/mol. The topological polar surface area (TPSA) is 20.2 Å². The van der Waals surface area contributed by atoms with Gasteiger partial charge in [-0.1, -0.05) is 48.4 Å². The summed E-state index contributed by atoms with van der Waals surface area (Å²) in [5.41, 5.74) is 0.811. The molecule has 0 aliphatic carbocycles. The Morgan fingerprint density at radius 3 is 2.53 bits per heavy atom. The molecule has 0 saturated carbocycles. The number of terminal acetylenes is 1. The van der Waals surface area contributed by atoms with Gasteiger partial charge in [0.1, 0.15) is 0 Å². The van der Waals surface area contributed by atoms with E-state index in [4.69, 9.17) is 6.42 Å². The van der Waals surface area contributed by atoms with E-state index in [2.05, 4.69) is 24.1 Å². The first-order valence-electron chi connectivity index (χ1n) is 5.91. The van der Waals surface area contributed by atoms with E-state index in [-0.39, 0.29) is 0 Å². The summed E-state index contributed by atoms with van der Waals surface area (Å²) in [6.07, 6.45) is 10.4. The van der Waals surface area contributed by atoms with Crippen molar-refractivity contribution in [1.82, 2.24) is 0 Å². The summed E-state index contributed by atoms with van der Waals surface area (Å²) < 4.78 is 0. The fourth-order valence-electron chi connectivity index (χ4n) is 1.45. The molecular weight excluding hydrogens is 208 g/mol. The van der Waals surface area contributed by atoms with Crippen molar-refractivity contribution in [2.45, 2.75) is 32.8 Å². The lowest BCUT2D eigenvalue weighted by atomic mass is 9.86. The molecule has 1 atom stereocenters. The van der Waals surface area contributed by atoms with Crippen molar-refractivity contribution < 1.29 is 5.11 Å². The van der Waals surface area contributed by atoms with Gasteiger partial charge >= 0.3 is 0 Å². The highest BCUT2D eigenvalue weighted by Gasteiger charge is 2.23. The Kier molecular flexibility index (Phi) is 5.00. The molecule has 0 heterocycles. The molecule has 0 aromatic heterocycles.